The zero-order chi connectivity index (χ0) is 18.4. The highest BCUT2D eigenvalue weighted by Gasteiger charge is 2.33. The fourth-order valence-electron chi connectivity index (χ4n) is 2.02. The molecule has 0 bridgehead atoms. The topological polar surface area (TPSA) is 38.3 Å². The maximum absolute atomic E-state index is 12.8. The number of carbonyl (C=O) groups is 1. The molecule has 0 aliphatic heterocycles. The van der Waals surface area contributed by atoms with Gasteiger partial charge in [0.25, 0.3) is 0 Å². The standard InChI is InChI=1S/C18H15ClF3NO2/c1-2-25-14-6-3-12(4-7-14)17(24)9-10-23-13-5-8-16(19)15(11-13)18(20,21)22/h3-11,23H,2H2,1H3/b10-9+. The highest BCUT2D eigenvalue weighted by molar-refractivity contribution is 6.31. The summed E-state index contributed by atoms with van der Waals surface area (Å²) in [6, 6.07) is 10.00. The van der Waals surface area contributed by atoms with Gasteiger partial charge in [-0.15, -0.1) is 0 Å². The molecule has 2 rings (SSSR count). The lowest BCUT2D eigenvalue weighted by atomic mass is 10.1. The quantitative estimate of drug-likeness (QED) is 0.534. The van der Waals surface area contributed by atoms with E-state index in [4.69, 9.17) is 16.3 Å². The van der Waals surface area contributed by atoms with E-state index < -0.39 is 11.7 Å². The normalized spacial score (nSPS) is 11.6. The SMILES string of the molecule is CCOc1ccc(C(=O)/C=C/Nc2ccc(Cl)c(C(F)(F)F)c2)cc1. The Morgan fingerprint density at radius 3 is 2.48 bits per heavy atom. The third kappa shape index (κ3) is 5.26. The van der Waals surface area contributed by atoms with Crippen LogP contribution in [0.4, 0.5) is 18.9 Å². The lowest BCUT2D eigenvalue weighted by Gasteiger charge is -2.10. The predicted molar refractivity (Wildman–Crippen MR) is 91.2 cm³/mol. The molecule has 0 amide bonds. The number of alkyl halides is 3. The molecule has 2 aromatic carbocycles. The summed E-state index contributed by atoms with van der Waals surface area (Å²) in [7, 11) is 0. The van der Waals surface area contributed by atoms with Crippen molar-refractivity contribution in [3.8, 4) is 5.75 Å². The maximum Gasteiger partial charge on any atom is 0.417 e. The summed E-state index contributed by atoms with van der Waals surface area (Å²) in [6.45, 7) is 2.38. The molecule has 0 radical (unpaired) electrons. The Labute approximate surface area is 148 Å². The number of benzene rings is 2. The summed E-state index contributed by atoms with van der Waals surface area (Å²) in [4.78, 5) is 12.0. The Morgan fingerprint density at radius 2 is 1.88 bits per heavy atom. The first-order valence-electron chi connectivity index (χ1n) is 7.38. The fourth-order valence-corrected chi connectivity index (χ4v) is 2.25. The van der Waals surface area contributed by atoms with Crippen LogP contribution in [0.15, 0.2) is 54.7 Å². The Bertz CT molecular complexity index is 771. The van der Waals surface area contributed by atoms with Gasteiger partial charge in [0.15, 0.2) is 5.78 Å². The molecule has 0 fully saturated rings. The predicted octanol–water partition coefficient (Wildman–Crippen LogP) is 5.57. The molecule has 7 heteroatoms. The summed E-state index contributed by atoms with van der Waals surface area (Å²) in [5.41, 5.74) is -0.327. The average molecular weight is 370 g/mol. The molecule has 25 heavy (non-hydrogen) atoms. The van der Waals surface area contributed by atoms with Gasteiger partial charge in [-0.1, -0.05) is 11.6 Å². The molecular weight excluding hydrogens is 355 g/mol. The molecule has 0 saturated carbocycles. The third-order valence-electron chi connectivity index (χ3n) is 3.21. The van der Waals surface area contributed by atoms with Gasteiger partial charge < -0.3 is 10.1 Å². The lowest BCUT2D eigenvalue weighted by molar-refractivity contribution is -0.137. The van der Waals surface area contributed by atoms with Crippen LogP contribution in [0.25, 0.3) is 0 Å². The molecule has 0 heterocycles. The monoisotopic (exact) mass is 369 g/mol. The van der Waals surface area contributed by atoms with E-state index in [0.29, 0.717) is 17.9 Å². The lowest BCUT2D eigenvalue weighted by Crippen LogP contribution is -2.06. The minimum atomic E-state index is -4.55. The van der Waals surface area contributed by atoms with E-state index in [0.717, 1.165) is 12.1 Å². The molecular formula is C18H15ClF3NO2. The number of carbonyl (C=O) groups excluding carboxylic acids is 1. The number of nitrogens with one attached hydrogen (secondary N) is 1. The van der Waals surface area contributed by atoms with E-state index in [1.54, 1.807) is 24.3 Å². The molecule has 1 N–H and O–H groups in total. The molecule has 132 valence electrons. The van der Waals surface area contributed by atoms with E-state index in [9.17, 15) is 18.0 Å². The van der Waals surface area contributed by atoms with Gasteiger partial charge in [0.2, 0.25) is 0 Å². The van der Waals surface area contributed by atoms with Gasteiger partial charge >= 0.3 is 6.18 Å². The van der Waals surface area contributed by atoms with Gasteiger partial charge in [0.05, 0.1) is 17.2 Å². The van der Waals surface area contributed by atoms with Crippen molar-refractivity contribution in [2.75, 3.05) is 11.9 Å². The van der Waals surface area contributed by atoms with Crippen LogP contribution >= 0.6 is 11.6 Å². The summed E-state index contributed by atoms with van der Waals surface area (Å²) in [5.74, 6) is 0.363. The van der Waals surface area contributed by atoms with Crippen molar-refractivity contribution in [3.05, 3.63) is 70.9 Å². The van der Waals surface area contributed by atoms with Gasteiger partial charge in [0.1, 0.15) is 5.75 Å². The van der Waals surface area contributed by atoms with E-state index in [1.807, 2.05) is 6.92 Å². The molecule has 2 aromatic rings. The van der Waals surface area contributed by atoms with Crippen molar-refractivity contribution in [3.63, 3.8) is 0 Å². The summed E-state index contributed by atoms with van der Waals surface area (Å²) in [5, 5.41) is 2.25. The summed E-state index contributed by atoms with van der Waals surface area (Å²) in [6.07, 6.45) is -2.03. The maximum atomic E-state index is 12.8. The van der Waals surface area contributed by atoms with Gasteiger partial charge in [-0.05, 0) is 49.4 Å². The van der Waals surface area contributed by atoms with Crippen molar-refractivity contribution in [2.24, 2.45) is 0 Å². The third-order valence-corrected chi connectivity index (χ3v) is 3.54. The van der Waals surface area contributed by atoms with Crippen LogP contribution in [-0.2, 0) is 6.18 Å². The zero-order valence-corrected chi connectivity index (χ0v) is 14.0. The van der Waals surface area contributed by atoms with Crippen LogP contribution in [0.5, 0.6) is 5.75 Å². The smallest absolute Gasteiger partial charge is 0.417 e. The number of ketones is 1. The van der Waals surface area contributed by atoms with Crippen molar-refractivity contribution in [1.29, 1.82) is 0 Å². The van der Waals surface area contributed by atoms with Crippen LogP contribution < -0.4 is 10.1 Å². The van der Waals surface area contributed by atoms with Crippen LogP contribution in [0.3, 0.4) is 0 Å². The van der Waals surface area contributed by atoms with Crippen LogP contribution in [0.1, 0.15) is 22.8 Å². The Kier molecular flexibility index (Phi) is 6.09. The first kappa shape index (κ1) is 18.9. The number of hydrogen-bond acceptors (Lipinski definition) is 3. The summed E-state index contributed by atoms with van der Waals surface area (Å²) < 4.78 is 43.7. The van der Waals surface area contributed by atoms with E-state index >= 15 is 0 Å². The van der Waals surface area contributed by atoms with Gasteiger partial charge in [-0.3, -0.25) is 4.79 Å². The molecule has 0 aliphatic rings. The molecule has 0 atom stereocenters. The van der Waals surface area contributed by atoms with Crippen LogP contribution in [0, 0.1) is 0 Å². The van der Waals surface area contributed by atoms with E-state index in [-0.39, 0.29) is 16.5 Å². The first-order valence-corrected chi connectivity index (χ1v) is 7.76. The molecule has 0 unspecified atom stereocenters. The van der Waals surface area contributed by atoms with Crippen LogP contribution in [0.2, 0.25) is 5.02 Å². The van der Waals surface area contributed by atoms with Crippen molar-refractivity contribution in [1.82, 2.24) is 0 Å². The number of rotatable bonds is 6. The highest BCUT2D eigenvalue weighted by atomic mass is 35.5. The largest absolute Gasteiger partial charge is 0.494 e. The second kappa shape index (κ2) is 8.07. The summed E-state index contributed by atoms with van der Waals surface area (Å²) >= 11 is 5.55. The Hall–Kier alpha value is -2.47. The second-order valence-electron chi connectivity index (χ2n) is 4.99. The fraction of sp³-hybridized carbons (Fsp3) is 0.167. The Morgan fingerprint density at radius 1 is 1.20 bits per heavy atom. The molecule has 0 saturated heterocycles. The van der Waals surface area contributed by atoms with Gasteiger partial charge in [-0.2, -0.15) is 13.2 Å². The Balaban J connectivity index is 2.04. The van der Waals surface area contributed by atoms with Gasteiger partial charge in [-0.25, -0.2) is 0 Å². The van der Waals surface area contributed by atoms with Crippen molar-refractivity contribution >= 4 is 23.1 Å². The number of hydrogen-bond donors (Lipinski definition) is 1. The zero-order valence-electron chi connectivity index (χ0n) is 13.2. The number of anilines is 1. The van der Waals surface area contributed by atoms with E-state index in [2.05, 4.69) is 5.32 Å². The molecule has 3 nitrogen and oxygen atoms in total. The minimum absolute atomic E-state index is 0.174. The highest BCUT2D eigenvalue weighted by Crippen LogP contribution is 2.36. The molecule has 0 spiro atoms. The minimum Gasteiger partial charge on any atom is -0.494 e. The molecule has 0 aliphatic carbocycles. The first-order chi connectivity index (χ1) is 11.8. The number of ether oxygens (including phenoxy) is 1. The second-order valence-corrected chi connectivity index (χ2v) is 5.40. The molecule has 0 aromatic heterocycles. The van der Waals surface area contributed by atoms with E-state index in [1.165, 1.54) is 18.3 Å². The van der Waals surface area contributed by atoms with Crippen molar-refractivity contribution in [2.45, 2.75) is 13.1 Å². The number of allylic oxidation sites excluding steroid dienone is 1. The number of halogens is 4. The van der Waals surface area contributed by atoms with Gasteiger partial charge in [0, 0.05) is 23.5 Å². The van der Waals surface area contributed by atoms with Crippen LogP contribution in [-0.4, -0.2) is 12.4 Å². The average Bonchev–Trinajstić information content (AvgIpc) is 2.56. The van der Waals surface area contributed by atoms with Crippen molar-refractivity contribution < 1.29 is 22.7 Å².